The van der Waals surface area contributed by atoms with Gasteiger partial charge in [0.15, 0.2) is 5.13 Å². The lowest BCUT2D eigenvalue weighted by Crippen LogP contribution is -2.48. The van der Waals surface area contributed by atoms with Crippen LogP contribution in [0.2, 0.25) is 0 Å². The van der Waals surface area contributed by atoms with Crippen molar-refractivity contribution in [2.24, 2.45) is 0 Å². The number of hydrogen-bond acceptors (Lipinski definition) is 7. The van der Waals surface area contributed by atoms with Gasteiger partial charge in [0, 0.05) is 49.7 Å². The molecule has 198 valence electrons. The number of piperazine rings is 1. The highest BCUT2D eigenvalue weighted by atomic mass is 32.2. The molecule has 1 aliphatic rings. The molecule has 1 saturated heterocycles. The number of nitrogens with zero attached hydrogens (tertiary/aromatic N) is 4. The summed E-state index contributed by atoms with van der Waals surface area (Å²) in [6.45, 7) is 5.08. The average molecular weight is 567 g/mol. The number of rotatable bonds is 8. The standard InChI is InChI=1S/C28H30N4O3S3/c1-3-32(20-21-8-5-4-6-9-21)38(34,35)23-14-12-22(13-15-23)27(33)30-16-18-31(19-17-30)28-29-26-24(36-2)10-7-11-25(26)37-28/h4-15H,3,16-20H2,1-2H3. The van der Waals surface area contributed by atoms with Gasteiger partial charge in [-0.25, -0.2) is 13.4 Å². The Kier molecular flexibility index (Phi) is 8.04. The molecule has 2 heterocycles. The molecule has 3 aromatic carbocycles. The molecule has 5 rings (SSSR count). The van der Waals surface area contributed by atoms with Crippen molar-refractivity contribution in [3.8, 4) is 0 Å². The number of hydrogen-bond donors (Lipinski definition) is 0. The van der Waals surface area contributed by atoms with Crippen molar-refractivity contribution >= 4 is 54.4 Å². The monoisotopic (exact) mass is 566 g/mol. The molecule has 1 amide bonds. The van der Waals surface area contributed by atoms with E-state index in [1.807, 2.05) is 42.2 Å². The van der Waals surface area contributed by atoms with E-state index in [1.165, 1.54) is 26.0 Å². The molecule has 0 aliphatic carbocycles. The van der Waals surface area contributed by atoms with Crippen molar-refractivity contribution in [2.45, 2.75) is 23.3 Å². The van der Waals surface area contributed by atoms with Crippen LogP contribution in [-0.4, -0.2) is 67.5 Å². The van der Waals surface area contributed by atoms with Crippen LogP contribution < -0.4 is 4.90 Å². The summed E-state index contributed by atoms with van der Waals surface area (Å²) in [5.74, 6) is -0.0841. The van der Waals surface area contributed by atoms with E-state index in [4.69, 9.17) is 4.98 Å². The largest absolute Gasteiger partial charge is 0.345 e. The summed E-state index contributed by atoms with van der Waals surface area (Å²) in [7, 11) is -3.68. The second-order valence-electron chi connectivity index (χ2n) is 9.02. The molecule has 0 bridgehead atoms. The molecule has 0 saturated carbocycles. The topological polar surface area (TPSA) is 73.8 Å². The number of carbonyl (C=O) groups excluding carboxylic acids is 1. The fraction of sp³-hybridized carbons (Fsp3) is 0.286. The Morgan fingerprint density at radius 2 is 1.68 bits per heavy atom. The number of para-hydroxylation sites is 1. The predicted octanol–water partition coefficient (Wildman–Crippen LogP) is 5.19. The van der Waals surface area contributed by atoms with Crippen LogP contribution in [0.4, 0.5) is 5.13 Å². The van der Waals surface area contributed by atoms with Gasteiger partial charge in [-0.15, -0.1) is 11.8 Å². The van der Waals surface area contributed by atoms with Gasteiger partial charge in [0.05, 0.1) is 15.1 Å². The number of thiazole rings is 1. The molecule has 1 aromatic heterocycles. The van der Waals surface area contributed by atoms with E-state index in [0.717, 1.165) is 16.2 Å². The Morgan fingerprint density at radius 3 is 2.34 bits per heavy atom. The molecule has 0 unspecified atom stereocenters. The lowest BCUT2D eigenvalue weighted by molar-refractivity contribution is 0.0746. The molecule has 0 spiro atoms. The minimum atomic E-state index is -3.68. The minimum absolute atomic E-state index is 0.0841. The van der Waals surface area contributed by atoms with Gasteiger partial charge in [0.25, 0.3) is 5.91 Å². The van der Waals surface area contributed by atoms with E-state index in [0.29, 0.717) is 44.8 Å². The number of carbonyl (C=O) groups is 1. The maximum Gasteiger partial charge on any atom is 0.253 e. The maximum atomic E-state index is 13.2. The zero-order chi connectivity index (χ0) is 26.7. The molecule has 1 aliphatic heterocycles. The van der Waals surface area contributed by atoms with Gasteiger partial charge >= 0.3 is 0 Å². The summed E-state index contributed by atoms with van der Waals surface area (Å²) < 4.78 is 29.1. The summed E-state index contributed by atoms with van der Waals surface area (Å²) in [4.78, 5) is 23.5. The number of benzene rings is 3. The Bertz CT molecular complexity index is 1510. The van der Waals surface area contributed by atoms with Gasteiger partial charge in [-0.3, -0.25) is 4.79 Å². The summed E-state index contributed by atoms with van der Waals surface area (Å²) >= 11 is 3.38. The number of anilines is 1. The molecule has 1 fully saturated rings. The number of fused-ring (bicyclic) bond motifs is 1. The first-order chi connectivity index (χ1) is 18.4. The lowest BCUT2D eigenvalue weighted by Gasteiger charge is -2.34. The van der Waals surface area contributed by atoms with Crippen LogP contribution in [0.3, 0.4) is 0 Å². The minimum Gasteiger partial charge on any atom is -0.345 e. The lowest BCUT2D eigenvalue weighted by atomic mass is 10.2. The van der Waals surface area contributed by atoms with Crippen molar-refractivity contribution in [2.75, 3.05) is 43.9 Å². The first-order valence-corrected chi connectivity index (χ1v) is 16.0. The normalized spacial score (nSPS) is 14.4. The number of aromatic nitrogens is 1. The second-order valence-corrected chi connectivity index (χ2v) is 12.8. The number of thioether (sulfide) groups is 1. The van der Waals surface area contributed by atoms with Crippen molar-refractivity contribution in [3.05, 3.63) is 83.9 Å². The molecule has 0 N–H and O–H groups in total. The van der Waals surface area contributed by atoms with Gasteiger partial charge in [0.2, 0.25) is 10.0 Å². The van der Waals surface area contributed by atoms with Crippen molar-refractivity contribution in [1.82, 2.24) is 14.2 Å². The van der Waals surface area contributed by atoms with Crippen LogP contribution >= 0.6 is 23.1 Å². The van der Waals surface area contributed by atoms with Crippen LogP contribution in [0.5, 0.6) is 0 Å². The summed E-state index contributed by atoms with van der Waals surface area (Å²) in [5.41, 5.74) is 2.46. The maximum absolute atomic E-state index is 13.2. The Balaban J connectivity index is 1.23. The molecule has 38 heavy (non-hydrogen) atoms. The van der Waals surface area contributed by atoms with Crippen LogP contribution in [0.25, 0.3) is 10.2 Å². The molecule has 0 atom stereocenters. The van der Waals surface area contributed by atoms with E-state index < -0.39 is 10.0 Å². The second kappa shape index (κ2) is 11.4. The molecule has 10 heteroatoms. The first kappa shape index (κ1) is 26.7. The zero-order valence-electron chi connectivity index (χ0n) is 21.4. The molecule has 0 radical (unpaired) electrons. The molecule has 4 aromatic rings. The van der Waals surface area contributed by atoms with E-state index in [1.54, 1.807) is 35.2 Å². The van der Waals surface area contributed by atoms with E-state index >= 15 is 0 Å². The fourth-order valence-corrected chi connectivity index (χ4v) is 7.68. The molecular weight excluding hydrogens is 537 g/mol. The Hall–Kier alpha value is -2.92. The van der Waals surface area contributed by atoms with Gasteiger partial charge in [-0.1, -0.05) is 54.7 Å². The quantitative estimate of drug-likeness (QED) is 0.273. The van der Waals surface area contributed by atoms with Gasteiger partial charge in [-0.2, -0.15) is 4.31 Å². The van der Waals surface area contributed by atoms with Crippen LogP contribution in [0.1, 0.15) is 22.8 Å². The number of sulfonamides is 1. The van der Waals surface area contributed by atoms with Gasteiger partial charge in [0.1, 0.15) is 0 Å². The summed E-state index contributed by atoms with van der Waals surface area (Å²) in [6, 6.07) is 22.1. The smallest absolute Gasteiger partial charge is 0.253 e. The third kappa shape index (κ3) is 5.44. The number of amides is 1. The van der Waals surface area contributed by atoms with Crippen molar-refractivity contribution in [3.63, 3.8) is 0 Å². The SMILES string of the molecule is CCN(Cc1ccccc1)S(=O)(=O)c1ccc(C(=O)N2CCN(c3nc4c(SC)cccc4s3)CC2)cc1. The third-order valence-electron chi connectivity index (χ3n) is 6.72. The highest BCUT2D eigenvalue weighted by molar-refractivity contribution is 7.98. The fourth-order valence-electron chi connectivity index (χ4n) is 4.57. The Morgan fingerprint density at radius 1 is 0.974 bits per heavy atom. The van der Waals surface area contributed by atoms with E-state index in [-0.39, 0.29) is 10.8 Å². The van der Waals surface area contributed by atoms with Gasteiger partial charge in [-0.05, 0) is 48.2 Å². The average Bonchev–Trinajstić information content (AvgIpc) is 3.41. The highest BCUT2D eigenvalue weighted by Crippen LogP contribution is 2.34. The van der Waals surface area contributed by atoms with E-state index in [9.17, 15) is 13.2 Å². The molecule has 7 nitrogen and oxygen atoms in total. The van der Waals surface area contributed by atoms with Crippen LogP contribution in [0, 0.1) is 0 Å². The summed E-state index contributed by atoms with van der Waals surface area (Å²) in [6.07, 6.45) is 2.06. The van der Waals surface area contributed by atoms with E-state index in [2.05, 4.69) is 29.4 Å². The zero-order valence-corrected chi connectivity index (χ0v) is 23.9. The van der Waals surface area contributed by atoms with Gasteiger partial charge < -0.3 is 9.80 Å². The summed E-state index contributed by atoms with van der Waals surface area (Å²) in [5, 5.41) is 0.985. The van der Waals surface area contributed by atoms with Crippen LogP contribution in [-0.2, 0) is 16.6 Å². The predicted molar refractivity (Wildman–Crippen MR) is 156 cm³/mol. The first-order valence-electron chi connectivity index (χ1n) is 12.5. The highest BCUT2D eigenvalue weighted by Gasteiger charge is 2.26. The van der Waals surface area contributed by atoms with Crippen LogP contribution in [0.15, 0.2) is 82.6 Å². The van der Waals surface area contributed by atoms with Crippen molar-refractivity contribution in [1.29, 1.82) is 0 Å². The van der Waals surface area contributed by atoms with Crippen molar-refractivity contribution < 1.29 is 13.2 Å². The molecular formula is C28H30N4O3S3. The Labute approximate surface area is 232 Å². The third-order valence-corrected chi connectivity index (χ3v) is 10.5.